The van der Waals surface area contributed by atoms with Crippen LogP contribution < -0.4 is 5.32 Å². The Balaban J connectivity index is 0.000000256. The first kappa shape index (κ1) is 17.5. The third-order valence-corrected chi connectivity index (χ3v) is 2.80. The van der Waals surface area contributed by atoms with Crippen LogP contribution in [0.1, 0.15) is 0 Å². The molecule has 3 aromatic rings. The van der Waals surface area contributed by atoms with Gasteiger partial charge >= 0.3 is 12.1 Å². The second-order valence-electron chi connectivity index (χ2n) is 4.32. The maximum Gasteiger partial charge on any atom is 0.490 e. The Labute approximate surface area is 137 Å². The summed E-state index contributed by atoms with van der Waals surface area (Å²) in [5.41, 5.74) is 2.20. The number of fused-ring (bicyclic) bond motifs is 1. The second kappa shape index (κ2) is 7.18. The zero-order valence-corrected chi connectivity index (χ0v) is 12.5. The maximum absolute atomic E-state index is 10.6. The Hall–Kier alpha value is -2.81. The van der Waals surface area contributed by atoms with Crippen molar-refractivity contribution < 1.29 is 27.6 Å². The molecule has 0 saturated carbocycles. The Bertz CT molecular complexity index is 852. The van der Waals surface area contributed by atoms with E-state index in [9.17, 15) is 13.2 Å². The molecule has 2 aromatic heterocycles. The predicted octanol–water partition coefficient (Wildman–Crippen LogP) is 4.25. The lowest BCUT2D eigenvalue weighted by Gasteiger charge is -2.02. The van der Waals surface area contributed by atoms with Gasteiger partial charge in [-0.05, 0) is 30.3 Å². The van der Waals surface area contributed by atoms with Crippen molar-refractivity contribution in [2.24, 2.45) is 0 Å². The van der Waals surface area contributed by atoms with Gasteiger partial charge in [0.25, 0.3) is 0 Å². The summed E-state index contributed by atoms with van der Waals surface area (Å²) in [5.74, 6) is -2.17. The van der Waals surface area contributed by atoms with Crippen LogP contribution in [0.5, 0.6) is 0 Å². The highest BCUT2D eigenvalue weighted by Gasteiger charge is 2.38. The fourth-order valence-electron chi connectivity index (χ4n) is 1.57. The number of aliphatic carboxylic acids is 1. The van der Waals surface area contributed by atoms with Crippen molar-refractivity contribution in [2.45, 2.75) is 6.18 Å². The standard InChI is InChI=1S/C12H8ClN3O.C2HF3O2/c13-8-3-1-4-9(7-8)15-12-11-10(17-16-12)5-2-6-14-11;3-2(4,5)1(6)7/h1-7H,(H,15,16);(H,6,7). The number of halogens is 4. The molecule has 1 aromatic carbocycles. The van der Waals surface area contributed by atoms with Crippen LogP contribution in [0.25, 0.3) is 11.1 Å². The monoisotopic (exact) mass is 359 g/mol. The van der Waals surface area contributed by atoms with E-state index < -0.39 is 12.1 Å². The van der Waals surface area contributed by atoms with Crippen LogP contribution in [0, 0.1) is 0 Å². The average Bonchev–Trinajstić information content (AvgIpc) is 2.90. The Morgan fingerprint density at radius 3 is 2.58 bits per heavy atom. The van der Waals surface area contributed by atoms with Gasteiger partial charge in [-0.1, -0.05) is 22.8 Å². The van der Waals surface area contributed by atoms with Gasteiger partial charge in [0.2, 0.25) is 0 Å². The van der Waals surface area contributed by atoms with Crippen LogP contribution in [0.3, 0.4) is 0 Å². The van der Waals surface area contributed by atoms with E-state index in [1.165, 1.54) is 0 Å². The van der Waals surface area contributed by atoms with E-state index in [-0.39, 0.29) is 0 Å². The van der Waals surface area contributed by atoms with Crippen molar-refractivity contribution in [2.75, 3.05) is 5.32 Å². The molecule has 0 aliphatic heterocycles. The van der Waals surface area contributed by atoms with Gasteiger partial charge in [0.15, 0.2) is 16.9 Å². The lowest BCUT2D eigenvalue weighted by molar-refractivity contribution is -0.192. The minimum atomic E-state index is -5.08. The van der Waals surface area contributed by atoms with Crippen LogP contribution in [-0.4, -0.2) is 27.4 Å². The largest absolute Gasteiger partial charge is 0.490 e. The molecule has 0 unspecified atom stereocenters. The molecule has 0 bridgehead atoms. The number of nitrogens with one attached hydrogen (secondary N) is 1. The zero-order valence-electron chi connectivity index (χ0n) is 11.7. The number of carboxylic acid groups (broad SMARTS) is 1. The normalized spacial score (nSPS) is 10.8. The smallest absolute Gasteiger partial charge is 0.475 e. The number of alkyl halides is 3. The van der Waals surface area contributed by atoms with Crippen LogP contribution in [0.15, 0.2) is 47.1 Å². The molecule has 0 radical (unpaired) electrons. The number of pyridine rings is 1. The first-order chi connectivity index (χ1) is 11.3. The van der Waals surface area contributed by atoms with Crippen molar-refractivity contribution in [1.82, 2.24) is 10.1 Å². The van der Waals surface area contributed by atoms with E-state index in [2.05, 4.69) is 15.5 Å². The minimum absolute atomic E-state index is 0.586. The van der Waals surface area contributed by atoms with Crippen molar-refractivity contribution in [3.05, 3.63) is 47.6 Å². The van der Waals surface area contributed by atoms with Gasteiger partial charge in [0.05, 0.1) is 0 Å². The molecule has 0 fully saturated rings. The third-order valence-electron chi connectivity index (χ3n) is 2.56. The highest BCUT2D eigenvalue weighted by molar-refractivity contribution is 6.30. The van der Waals surface area contributed by atoms with Crippen LogP contribution >= 0.6 is 11.6 Å². The fourth-order valence-corrected chi connectivity index (χ4v) is 1.76. The molecule has 0 spiro atoms. The quantitative estimate of drug-likeness (QED) is 0.711. The predicted molar refractivity (Wildman–Crippen MR) is 80.2 cm³/mol. The van der Waals surface area contributed by atoms with Gasteiger partial charge in [0.1, 0.15) is 0 Å². The number of benzene rings is 1. The van der Waals surface area contributed by atoms with Gasteiger partial charge in [-0.3, -0.25) is 0 Å². The topological polar surface area (TPSA) is 88.3 Å². The number of anilines is 2. The molecule has 0 aliphatic rings. The molecule has 126 valence electrons. The molecular weight excluding hydrogens is 351 g/mol. The van der Waals surface area contributed by atoms with E-state index in [1.54, 1.807) is 12.3 Å². The van der Waals surface area contributed by atoms with E-state index in [1.807, 2.05) is 30.3 Å². The van der Waals surface area contributed by atoms with E-state index in [0.29, 0.717) is 21.9 Å². The molecular formula is C14H9ClF3N3O3. The Morgan fingerprint density at radius 2 is 1.96 bits per heavy atom. The van der Waals surface area contributed by atoms with E-state index in [0.717, 1.165) is 5.69 Å². The molecule has 6 nitrogen and oxygen atoms in total. The lowest BCUT2D eigenvalue weighted by atomic mass is 10.3. The van der Waals surface area contributed by atoms with Gasteiger partial charge in [-0.2, -0.15) is 13.2 Å². The number of carbonyl (C=O) groups is 1. The Kier molecular flexibility index (Phi) is 5.24. The second-order valence-corrected chi connectivity index (χ2v) is 4.76. The minimum Gasteiger partial charge on any atom is -0.475 e. The highest BCUT2D eigenvalue weighted by Crippen LogP contribution is 2.24. The summed E-state index contributed by atoms with van der Waals surface area (Å²) in [6, 6.07) is 11.0. The summed E-state index contributed by atoms with van der Waals surface area (Å²) >= 11 is 5.90. The SMILES string of the molecule is Clc1cccc(Nc2noc3cccnc23)c1.O=C(O)C(F)(F)F. The summed E-state index contributed by atoms with van der Waals surface area (Å²) in [5, 5.41) is 14.8. The molecule has 0 amide bonds. The molecule has 0 aliphatic carbocycles. The molecule has 0 atom stereocenters. The number of aromatic nitrogens is 2. The first-order valence-electron chi connectivity index (χ1n) is 6.30. The fraction of sp³-hybridized carbons (Fsp3) is 0.0714. The third kappa shape index (κ3) is 4.59. The van der Waals surface area contributed by atoms with Crippen molar-refractivity contribution in [3.63, 3.8) is 0 Å². The average molecular weight is 360 g/mol. The van der Waals surface area contributed by atoms with Crippen LogP contribution in [0.4, 0.5) is 24.7 Å². The number of carboxylic acids is 1. The molecule has 2 N–H and O–H groups in total. The van der Waals surface area contributed by atoms with Gasteiger partial charge in [-0.25, -0.2) is 9.78 Å². The molecule has 2 heterocycles. The summed E-state index contributed by atoms with van der Waals surface area (Å²) in [4.78, 5) is 13.1. The van der Waals surface area contributed by atoms with Crippen molar-refractivity contribution >= 4 is 40.2 Å². The Morgan fingerprint density at radius 1 is 1.25 bits per heavy atom. The van der Waals surface area contributed by atoms with Crippen LogP contribution in [0.2, 0.25) is 5.02 Å². The number of hydrogen-bond donors (Lipinski definition) is 2. The maximum atomic E-state index is 10.6. The number of hydrogen-bond acceptors (Lipinski definition) is 5. The summed E-state index contributed by atoms with van der Waals surface area (Å²) in [6.45, 7) is 0. The highest BCUT2D eigenvalue weighted by atomic mass is 35.5. The number of nitrogens with zero attached hydrogens (tertiary/aromatic N) is 2. The summed E-state index contributed by atoms with van der Waals surface area (Å²) < 4.78 is 36.9. The van der Waals surface area contributed by atoms with Crippen molar-refractivity contribution in [1.29, 1.82) is 0 Å². The summed E-state index contributed by atoms with van der Waals surface area (Å²) in [7, 11) is 0. The van der Waals surface area contributed by atoms with Gasteiger partial charge < -0.3 is 14.9 Å². The van der Waals surface area contributed by atoms with E-state index in [4.69, 9.17) is 26.0 Å². The van der Waals surface area contributed by atoms with Crippen LogP contribution in [-0.2, 0) is 4.79 Å². The first-order valence-corrected chi connectivity index (χ1v) is 6.68. The van der Waals surface area contributed by atoms with Crippen molar-refractivity contribution in [3.8, 4) is 0 Å². The molecule has 24 heavy (non-hydrogen) atoms. The van der Waals surface area contributed by atoms with Gasteiger partial charge in [-0.15, -0.1) is 0 Å². The van der Waals surface area contributed by atoms with Gasteiger partial charge in [0, 0.05) is 16.9 Å². The number of rotatable bonds is 2. The lowest BCUT2D eigenvalue weighted by Crippen LogP contribution is -2.21. The zero-order chi connectivity index (χ0) is 17.7. The molecule has 3 rings (SSSR count). The molecule has 0 saturated heterocycles. The van der Waals surface area contributed by atoms with E-state index >= 15 is 0 Å². The molecule has 10 heteroatoms. The summed E-state index contributed by atoms with van der Waals surface area (Å²) in [6.07, 6.45) is -3.39.